The summed E-state index contributed by atoms with van der Waals surface area (Å²) in [5.74, 6) is 0.733. The first-order valence-electron chi connectivity index (χ1n) is 11.6. The van der Waals surface area contributed by atoms with Crippen molar-refractivity contribution in [2.75, 3.05) is 26.7 Å². The molecule has 5 rings (SSSR count). The zero-order valence-corrected chi connectivity index (χ0v) is 19.2. The fourth-order valence-electron chi connectivity index (χ4n) is 4.68. The smallest absolute Gasteiger partial charge is 0.317 e. The number of nitrogens with one attached hydrogen (secondary N) is 4. The molecule has 34 heavy (non-hydrogen) atoms. The van der Waals surface area contributed by atoms with Crippen LogP contribution in [0.5, 0.6) is 5.75 Å². The van der Waals surface area contributed by atoms with Gasteiger partial charge in [-0.05, 0) is 48.2 Å². The molecule has 8 heteroatoms. The number of fused-ring (bicyclic) bond motifs is 4. The first kappa shape index (κ1) is 21.9. The van der Waals surface area contributed by atoms with Gasteiger partial charge in [-0.25, -0.2) is 4.79 Å². The predicted molar refractivity (Wildman–Crippen MR) is 132 cm³/mol. The van der Waals surface area contributed by atoms with Crippen molar-refractivity contribution in [3.05, 3.63) is 65.5 Å². The van der Waals surface area contributed by atoms with Crippen LogP contribution >= 0.6 is 0 Å². The summed E-state index contributed by atoms with van der Waals surface area (Å²) >= 11 is 0. The predicted octanol–water partition coefficient (Wildman–Crippen LogP) is 3.47. The van der Waals surface area contributed by atoms with Gasteiger partial charge in [0.1, 0.15) is 5.75 Å². The summed E-state index contributed by atoms with van der Waals surface area (Å²) in [4.78, 5) is 33.3. The zero-order chi connectivity index (χ0) is 23.5. The van der Waals surface area contributed by atoms with E-state index in [4.69, 9.17) is 4.74 Å². The Hall–Kier alpha value is -3.94. The summed E-state index contributed by atoms with van der Waals surface area (Å²) in [6.07, 6.45) is 3.76. The van der Waals surface area contributed by atoms with Crippen LogP contribution in [0.1, 0.15) is 23.2 Å². The van der Waals surface area contributed by atoms with E-state index in [0.717, 1.165) is 39.8 Å². The molecule has 0 unspecified atom stereocenters. The Labute approximate surface area is 197 Å². The van der Waals surface area contributed by atoms with Gasteiger partial charge >= 0.3 is 6.03 Å². The second-order valence-electron chi connectivity index (χ2n) is 8.61. The number of para-hydroxylation sites is 1. The number of carbonyl (C=O) groups is 2. The molecule has 0 saturated heterocycles. The van der Waals surface area contributed by atoms with Crippen LogP contribution < -0.4 is 15.4 Å². The van der Waals surface area contributed by atoms with Gasteiger partial charge in [0.15, 0.2) is 0 Å². The molecule has 8 nitrogen and oxygen atoms in total. The minimum absolute atomic E-state index is 0.0748. The van der Waals surface area contributed by atoms with E-state index in [1.165, 1.54) is 10.9 Å². The Morgan fingerprint density at radius 1 is 1.06 bits per heavy atom. The number of benzene rings is 2. The topological polar surface area (TPSA) is 102 Å². The highest BCUT2D eigenvalue weighted by molar-refractivity contribution is 5.86. The van der Waals surface area contributed by atoms with Crippen molar-refractivity contribution in [3.63, 3.8) is 0 Å². The van der Waals surface area contributed by atoms with Gasteiger partial charge in [0.25, 0.3) is 0 Å². The molecule has 2 aromatic heterocycles. The second-order valence-corrected chi connectivity index (χ2v) is 8.61. The number of nitrogens with zero attached hydrogens (tertiary/aromatic N) is 1. The third-order valence-corrected chi connectivity index (χ3v) is 6.49. The summed E-state index contributed by atoms with van der Waals surface area (Å²) in [5.41, 5.74) is 5.67. The van der Waals surface area contributed by atoms with Gasteiger partial charge < -0.3 is 30.2 Å². The zero-order valence-electron chi connectivity index (χ0n) is 19.2. The number of ether oxygens (including phenoxy) is 1. The lowest BCUT2D eigenvalue weighted by Crippen LogP contribution is -2.43. The number of H-pyrrole nitrogens is 2. The minimum Gasteiger partial charge on any atom is -0.497 e. The molecule has 4 N–H and O–H groups in total. The van der Waals surface area contributed by atoms with Crippen LogP contribution in [0, 0.1) is 0 Å². The molecule has 4 aromatic rings. The van der Waals surface area contributed by atoms with Gasteiger partial charge in [-0.2, -0.15) is 0 Å². The van der Waals surface area contributed by atoms with Gasteiger partial charge in [-0.1, -0.05) is 18.2 Å². The van der Waals surface area contributed by atoms with Crippen molar-refractivity contribution in [2.45, 2.75) is 25.8 Å². The number of hydrogen-bond acceptors (Lipinski definition) is 3. The van der Waals surface area contributed by atoms with Gasteiger partial charge in [-0.15, -0.1) is 0 Å². The van der Waals surface area contributed by atoms with Gasteiger partial charge in [0.05, 0.1) is 13.7 Å². The molecule has 0 fully saturated rings. The molecule has 1 aliphatic heterocycles. The molecule has 1 aliphatic rings. The molecular weight excluding hydrogens is 430 g/mol. The average Bonchev–Trinajstić information content (AvgIpc) is 3.44. The monoisotopic (exact) mass is 459 g/mol. The van der Waals surface area contributed by atoms with E-state index in [9.17, 15) is 9.59 Å². The molecule has 0 atom stereocenters. The van der Waals surface area contributed by atoms with E-state index in [1.807, 2.05) is 36.5 Å². The van der Waals surface area contributed by atoms with Crippen LogP contribution in [0.25, 0.3) is 21.8 Å². The summed E-state index contributed by atoms with van der Waals surface area (Å²) < 4.78 is 5.30. The van der Waals surface area contributed by atoms with Crippen LogP contribution in [0.2, 0.25) is 0 Å². The maximum atomic E-state index is 12.6. The van der Waals surface area contributed by atoms with E-state index in [2.05, 4.69) is 32.7 Å². The largest absolute Gasteiger partial charge is 0.497 e. The number of urea groups is 1. The second kappa shape index (κ2) is 9.51. The molecule has 0 saturated carbocycles. The summed E-state index contributed by atoms with van der Waals surface area (Å²) in [6, 6.07) is 14.0. The summed E-state index contributed by atoms with van der Waals surface area (Å²) in [6.45, 7) is 2.07. The molecule has 3 amide bonds. The van der Waals surface area contributed by atoms with Crippen molar-refractivity contribution in [1.29, 1.82) is 0 Å². The van der Waals surface area contributed by atoms with Crippen molar-refractivity contribution < 1.29 is 14.3 Å². The molecule has 0 spiro atoms. The highest BCUT2D eigenvalue weighted by Crippen LogP contribution is 2.27. The number of methoxy groups -OCH3 is 1. The van der Waals surface area contributed by atoms with E-state index in [-0.39, 0.29) is 18.4 Å². The maximum Gasteiger partial charge on any atom is 0.317 e. The number of carbonyl (C=O) groups excluding carboxylic acids is 2. The van der Waals surface area contributed by atoms with Gasteiger partial charge in [0.2, 0.25) is 5.91 Å². The van der Waals surface area contributed by atoms with Crippen LogP contribution in [-0.4, -0.2) is 53.6 Å². The van der Waals surface area contributed by atoms with Gasteiger partial charge in [-0.3, -0.25) is 4.79 Å². The van der Waals surface area contributed by atoms with Gasteiger partial charge in [0, 0.05) is 59.8 Å². The first-order valence-corrected chi connectivity index (χ1v) is 11.6. The van der Waals surface area contributed by atoms with Crippen LogP contribution in [0.3, 0.4) is 0 Å². The molecule has 0 radical (unpaired) electrons. The third kappa shape index (κ3) is 4.44. The fourth-order valence-corrected chi connectivity index (χ4v) is 4.68. The normalized spacial score (nSPS) is 13.1. The number of amides is 3. The number of aromatic amines is 2. The van der Waals surface area contributed by atoms with Crippen molar-refractivity contribution in [2.24, 2.45) is 0 Å². The molecule has 0 bridgehead atoms. The van der Waals surface area contributed by atoms with Crippen molar-refractivity contribution >= 4 is 33.7 Å². The SMILES string of the molecule is COc1ccc2[nH]cc(CCNC(=O)CCNC(=O)N3CCc4c([nH]c5ccccc45)C3)c2c1. The number of hydrogen-bond donors (Lipinski definition) is 4. The minimum atomic E-state index is -0.134. The van der Waals surface area contributed by atoms with E-state index in [0.29, 0.717) is 32.6 Å². The Morgan fingerprint density at radius 2 is 1.94 bits per heavy atom. The van der Waals surface area contributed by atoms with Crippen molar-refractivity contribution in [3.8, 4) is 5.75 Å². The maximum absolute atomic E-state index is 12.6. The van der Waals surface area contributed by atoms with Crippen LogP contribution in [0.4, 0.5) is 4.79 Å². The van der Waals surface area contributed by atoms with Crippen molar-refractivity contribution in [1.82, 2.24) is 25.5 Å². The third-order valence-electron chi connectivity index (χ3n) is 6.49. The quantitative estimate of drug-likeness (QED) is 0.340. The van der Waals surface area contributed by atoms with E-state index >= 15 is 0 Å². The molecular formula is C26H29N5O3. The lowest BCUT2D eigenvalue weighted by atomic mass is 10.0. The summed E-state index contributed by atoms with van der Waals surface area (Å²) in [5, 5.41) is 8.16. The Kier molecular flexibility index (Phi) is 6.12. The first-order chi connectivity index (χ1) is 16.6. The summed E-state index contributed by atoms with van der Waals surface area (Å²) in [7, 11) is 1.65. The van der Waals surface area contributed by atoms with Crippen LogP contribution in [0.15, 0.2) is 48.7 Å². The average molecular weight is 460 g/mol. The molecule has 0 aliphatic carbocycles. The lowest BCUT2D eigenvalue weighted by Gasteiger charge is -2.27. The standard InChI is InChI=1S/C26H29N5O3/c1-34-18-6-7-22-21(14-18)17(15-29-22)8-11-27-25(32)9-12-28-26(33)31-13-10-20-19-4-2-3-5-23(19)30-24(20)16-31/h2-7,14-15,29-30H,8-13,16H2,1H3,(H,27,32)(H,28,33). The highest BCUT2D eigenvalue weighted by atomic mass is 16.5. The Balaban J connectivity index is 1.06. The number of rotatable bonds is 7. The molecule has 2 aromatic carbocycles. The molecule has 176 valence electrons. The number of aromatic nitrogens is 2. The van der Waals surface area contributed by atoms with E-state index < -0.39 is 0 Å². The lowest BCUT2D eigenvalue weighted by molar-refractivity contribution is -0.120. The fraction of sp³-hybridized carbons (Fsp3) is 0.308. The Bertz CT molecular complexity index is 1340. The highest BCUT2D eigenvalue weighted by Gasteiger charge is 2.23. The van der Waals surface area contributed by atoms with Crippen LogP contribution in [-0.2, 0) is 24.2 Å². The van der Waals surface area contributed by atoms with E-state index in [1.54, 1.807) is 12.0 Å². The Morgan fingerprint density at radius 3 is 2.82 bits per heavy atom. The molecule has 3 heterocycles.